The Morgan fingerprint density at radius 2 is 2.14 bits per heavy atom. The van der Waals surface area contributed by atoms with Crippen molar-refractivity contribution < 1.29 is 9.18 Å². The van der Waals surface area contributed by atoms with E-state index in [9.17, 15) is 9.18 Å². The molecule has 0 radical (unpaired) electrons. The maximum Gasteiger partial charge on any atom is 0.259 e. The lowest BCUT2D eigenvalue weighted by molar-refractivity contribution is 0.0988. The summed E-state index contributed by atoms with van der Waals surface area (Å²) in [6, 6.07) is 8.31. The molecule has 2 aromatic rings. The van der Waals surface area contributed by atoms with E-state index in [0.29, 0.717) is 17.8 Å². The maximum absolute atomic E-state index is 13.6. The highest BCUT2D eigenvalue weighted by Crippen LogP contribution is 2.34. The first-order valence-electron chi connectivity index (χ1n) is 6.64. The number of carbonyl (C=O) groups excluding carboxylic acids is 1. The fourth-order valence-corrected chi connectivity index (χ4v) is 3.04. The number of anilines is 2. The first-order chi connectivity index (χ1) is 9.99. The highest BCUT2D eigenvalue weighted by atomic mass is 79.9. The number of benzene rings is 2. The molecule has 0 spiro atoms. The predicted octanol–water partition coefficient (Wildman–Crippen LogP) is 3.68. The molecule has 108 valence electrons. The van der Waals surface area contributed by atoms with Crippen LogP contribution in [0.15, 0.2) is 34.8 Å². The van der Waals surface area contributed by atoms with Crippen LogP contribution in [0.3, 0.4) is 0 Å². The lowest BCUT2D eigenvalue weighted by atomic mass is 10.1. The summed E-state index contributed by atoms with van der Waals surface area (Å²) in [6.07, 6.45) is 0.787. The summed E-state index contributed by atoms with van der Waals surface area (Å²) < 4.78 is 13.8. The molecule has 1 amide bonds. The lowest BCUT2D eigenvalue weighted by Crippen LogP contribution is -2.29. The van der Waals surface area contributed by atoms with Crippen LogP contribution in [0.1, 0.15) is 21.5 Å². The van der Waals surface area contributed by atoms with Gasteiger partial charge in [0.05, 0.1) is 10.0 Å². The SMILES string of the molecule is Cc1cc2c(cc1N)N(C(=O)c1cccc(F)c1Br)CC2. The maximum atomic E-state index is 13.6. The van der Waals surface area contributed by atoms with Crippen LogP contribution in [0.4, 0.5) is 15.8 Å². The summed E-state index contributed by atoms with van der Waals surface area (Å²) in [7, 11) is 0. The van der Waals surface area contributed by atoms with Crippen molar-refractivity contribution in [2.45, 2.75) is 13.3 Å². The van der Waals surface area contributed by atoms with Gasteiger partial charge in [0.25, 0.3) is 5.91 Å². The molecule has 0 aromatic heterocycles. The number of carbonyl (C=O) groups is 1. The molecule has 3 rings (SSSR count). The van der Waals surface area contributed by atoms with Crippen molar-refractivity contribution in [1.82, 2.24) is 0 Å². The third-order valence-electron chi connectivity index (χ3n) is 3.79. The van der Waals surface area contributed by atoms with Crippen molar-refractivity contribution in [3.63, 3.8) is 0 Å². The number of hydrogen-bond donors (Lipinski definition) is 1. The van der Waals surface area contributed by atoms with E-state index in [1.807, 2.05) is 19.1 Å². The van der Waals surface area contributed by atoms with E-state index in [-0.39, 0.29) is 10.4 Å². The fourth-order valence-electron chi connectivity index (χ4n) is 2.60. The normalized spacial score (nSPS) is 13.4. The molecular weight excluding hydrogens is 335 g/mol. The third-order valence-corrected chi connectivity index (χ3v) is 4.60. The minimum Gasteiger partial charge on any atom is -0.398 e. The number of amides is 1. The molecule has 0 atom stereocenters. The highest BCUT2D eigenvalue weighted by Gasteiger charge is 2.27. The number of fused-ring (bicyclic) bond motifs is 1. The molecule has 0 unspecified atom stereocenters. The number of halogens is 2. The van der Waals surface area contributed by atoms with Gasteiger partial charge in [-0.25, -0.2) is 4.39 Å². The van der Waals surface area contributed by atoms with E-state index in [4.69, 9.17) is 5.73 Å². The summed E-state index contributed by atoms with van der Waals surface area (Å²) in [5.41, 5.74) is 9.85. The molecule has 0 bridgehead atoms. The Balaban J connectivity index is 2.03. The summed E-state index contributed by atoms with van der Waals surface area (Å²) in [5.74, 6) is -0.660. The Labute approximate surface area is 130 Å². The Morgan fingerprint density at radius 1 is 1.38 bits per heavy atom. The number of nitrogens with two attached hydrogens (primary N) is 1. The monoisotopic (exact) mass is 348 g/mol. The van der Waals surface area contributed by atoms with Gasteiger partial charge in [0, 0.05) is 17.9 Å². The zero-order chi connectivity index (χ0) is 15.1. The van der Waals surface area contributed by atoms with Crippen LogP contribution in [0.2, 0.25) is 0 Å². The Hall–Kier alpha value is -1.88. The fraction of sp³-hybridized carbons (Fsp3) is 0.188. The van der Waals surface area contributed by atoms with Gasteiger partial charge in [0.15, 0.2) is 0 Å². The first kappa shape index (κ1) is 14.1. The van der Waals surface area contributed by atoms with Gasteiger partial charge in [-0.1, -0.05) is 12.1 Å². The minimum absolute atomic E-state index is 0.198. The molecule has 3 nitrogen and oxygen atoms in total. The summed E-state index contributed by atoms with van der Waals surface area (Å²) in [4.78, 5) is 14.3. The van der Waals surface area contributed by atoms with Crippen LogP contribution in [-0.2, 0) is 6.42 Å². The van der Waals surface area contributed by atoms with E-state index in [2.05, 4.69) is 15.9 Å². The predicted molar refractivity (Wildman–Crippen MR) is 85.1 cm³/mol. The second-order valence-electron chi connectivity index (χ2n) is 5.15. The number of nitrogen functional groups attached to an aromatic ring is 1. The summed E-state index contributed by atoms with van der Waals surface area (Å²) in [5, 5.41) is 0. The van der Waals surface area contributed by atoms with Crippen molar-refractivity contribution in [2.24, 2.45) is 0 Å². The van der Waals surface area contributed by atoms with Gasteiger partial charge < -0.3 is 10.6 Å². The summed E-state index contributed by atoms with van der Waals surface area (Å²) in [6.45, 7) is 2.53. The average molecular weight is 349 g/mol. The topological polar surface area (TPSA) is 46.3 Å². The molecule has 1 heterocycles. The molecule has 0 aliphatic carbocycles. The van der Waals surface area contributed by atoms with Crippen LogP contribution in [0, 0.1) is 12.7 Å². The number of rotatable bonds is 1. The van der Waals surface area contributed by atoms with Gasteiger partial charge in [-0.05, 0) is 58.6 Å². The van der Waals surface area contributed by atoms with Crippen LogP contribution in [0.5, 0.6) is 0 Å². The zero-order valence-electron chi connectivity index (χ0n) is 11.5. The number of hydrogen-bond acceptors (Lipinski definition) is 2. The van der Waals surface area contributed by atoms with Gasteiger partial charge in [0.1, 0.15) is 5.82 Å². The Bertz CT molecular complexity index is 745. The van der Waals surface area contributed by atoms with E-state index in [1.54, 1.807) is 11.0 Å². The highest BCUT2D eigenvalue weighted by molar-refractivity contribution is 9.10. The van der Waals surface area contributed by atoms with Crippen LogP contribution < -0.4 is 10.6 Å². The Kier molecular flexibility index (Phi) is 3.45. The van der Waals surface area contributed by atoms with Gasteiger partial charge >= 0.3 is 0 Å². The van der Waals surface area contributed by atoms with Crippen molar-refractivity contribution in [3.8, 4) is 0 Å². The molecule has 21 heavy (non-hydrogen) atoms. The van der Waals surface area contributed by atoms with Gasteiger partial charge in [-0.15, -0.1) is 0 Å². The molecule has 0 saturated heterocycles. The first-order valence-corrected chi connectivity index (χ1v) is 7.43. The van der Waals surface area contributed by atoms with Gasteiger partial charge in [-0.3, -0.25) is 4.79 Å². The smallest absolute Gasteiger partial charge is 0.259 e. The second kappa shape index (κ2) is 5.15. The molecule has 5 heteroatoms. The lowest BCUT2D eigenvalue weighted by Gasteiger charge is -2.19. The number of nitrogens with zero attached hydrogens (tertiary/aromatic N) is 1. The molecular formula is C16H14BrFN2O. The molecule has 2 aromatic carbocycles. The quantitative estimate of drug-likeness (QED) is 0.799. The largest absolute Gasteiger partial charge is 0.398 e. The molecule has 0 fully saturated rings. The van der Waals surface area contributed by atoms with Crippen LogP contribution >= 0.6 is 15.9 Å². The van der Waals surface area contributed by atoms with Crippen molar-refractivity contribution >= 4 is 33.2 Å². The van der Waals surface area contributed by atoms with Crippen molar-refractivity contribution in [3.05, 3.63) is 57.3 Å². The average Bonchev–Trinajstić information content (AvgIpc) is 2.84. The number of aryl methyl sites for hydroxylation is 1. The molecule has 1 aliphatic rings. The standard InChI is InChI=1S/C16H14BrFN2O/c1-9-7-10-5-6-20(14(10)8-13(9)19)16(21)11-3-2-4-12(18)15(11)17/h2-4,7-8H,5-6,19H2,1H3. The van der Waals surface area contributed by atoms with E-state index in [1.165, 1.54) is 12.1 Å². The Morgan fingerprint density at radius 3 is 2.90 bits per heavy atom. The van der Waals surface area contributed by atoms with Crippen LogP contribution in [-0.4, -0.2) is 12.5 Å². The molecule has 1 aliphatic heterocycles. The third kappa shape index (κ3) is 2.31. The second-order valence-corrected chi connectivity index (χ2v) is 5.94. The van der Waals surface area contributed by atoms with E-state index < -0.39 is 5.82 Å². The van der Waals surface area contributed by atoms with Crippen LogP contribution in [0.25, 0.3) is 0 Å². The van der Waals surface area contributed by atoms with Gasteiger partial charge in [-0.2, -0.15) is 0 Å². The minimum atomic E-state index is -0.441. The zero-order valence-corrected chi connectivity index (χ0v) is 13.1. The molecule has 0 saturated carbocycles. The van der Waals surface area contributed by atoms with E-state index in [0.717, 1.165) is 23.2 Å². The van der Waals surface area contributed by atoms with E-state index >= 15 is 0 Å². The van der Waals surface area contributed by atoms with Crippen molar-refractivity contribution in [2.75, 3.05) is 17.2 Å². The summed E-state index contributed by atoms with van der Waals surface area (Å²) >= 11 is 3.15. The molecule has 2 N–H and O–H groups in total. The van der Waals surface area contributed by atoms with Crippen molar-refractivity contribution in [1.29, 1.82) is 0 Å². The van der Waals surface area contributed by atoms with Gasteiger partial charge in [0.2, 0.25) is 0 Å².